The summed E-state index contributed by atoms with van der Waals surface area (Å²) in [7, 11) is 0. The molecule has 1 aromatic rings. The van der Waals surface area contributed by atoms with Crippen molar-refractivity contribution >= 4 is 29.7 Å². The maximum Gasteiger partial charge on any atom is 0.326 e. The monoisotopic (exact) mass is 526 g/mol. The number of carboxylic acid groups (broad SMARTS) is 2. The van der Waals surface area contributed by atoms with E-state index in [2.05, 4.69) is 25.9 Å². The summed E-state index contributed by atoms with van der Waals surface area (Å²) in [5.41, 5.74) is 17.7. The summed E-state index contributed by atoms with van der Waals surface area (Å²) in [5.74, 6) is -5.05. The van der Waals surface area contributed by atoms with Gasteiger partial charge in [0.2, 0.25) is 17.7 Å². The molecule has 0 aliphatic heterocycles. The number of aromatic amines is 1. The quantitative estimate of drug-likeness (QED) is 0.0853. The number of carboxylic acids is 2. The predicted molar refractivity (Wildman–Crippen MR) is 132 cm³/mol. The molecule has 1 aromatic heterocycles. The largest absolute Gasteiger partial charge is 0.481 e. The Kier molecular flexibility index (Phi) is 14.5. The van der Waals surface area contributed by atoms with Crippen LogP contribution < -0.4 is 33.2 Å². The number of unbranched alkanes of at least 4 members (excludes halogenated alkanes) is 2. The Bertz CT molecular complexity index is 880. The van der Waals surface area contributed by atoms with E-state index in [1.54, 1.807) is 0 Å². The van der Waals surface area contributed by atoms with Crippen LogP contribution in [0.3, 0.4) is 0 Å². The average molecular weight is 527 g/mol. The van der Waals surface area contributed by atoms with Gasteiger partial charge in [-0.15, -0.1) is 0 Å². The number of amides is 3. The lowest BCUT2D eigenvalue weighted by Gasteiger charge is -2.25. The van der Waals surface area contributed by atoms with Gasteiger partial charge >= 0.3 is 11.9 Å². The number of imidazole rings is 1. The average Bonchev–Trinajstić information content (AvgIpc) is 3.35. The highest BCUT2D eigenvalue weighted by molar-refractivity contribution is 5.94. The van der Waals surface area contributed by atoms with Crippen molar-refractivity contribution in [1.29, 1.82) is 0 Å². The number of nitrogens with two attached hydrogens (primary N) is 3. The van der Waals surface area contributed by atoms with Gasteiger partial charge in [0.1, 0.15) is 18.1 Å². The minimum Gasteiger partial charge on any atom is -0.481 e. The number of nitrogens with zero attached hydrogens (tertiary/aromatic N) is 1. The summed E-state index contributed by atoms with van der Waals surface area (Å²) in [5, 5.41) is 25.5. The number of rotatable bonds is 19. The van der Waals surface area contributed by atoms with Gasteiger partial charge in [0, 0.05) is 18.3 Å². The SMILES string of the molecule is NCCCCC(NC(=O)C(N)Cc1cnc[nH]1)C(=O)NC(CCCCN)C(=O)NC(CC(=O)O)C(=O)O. The van der Waals surface area contributed by atoms with E-state index >= 15 is 0 Å². The zero-order chi connectivity index (χ0) is 27.8. The lowest BCUT2D eigenvalue weighted by atomic mass is 10.0. The number of hydrogen-bond donors (Lipinski definition) is 9. The van der Waals surface area contributed by atoms with E-state index in [4.69, 9.17) is 22.3 Å². The van der Waals surface area contributed by atoms with Crippen LogP contribution in [0.5, 0.6) is 0 Å². The van der Waals surface area contributed by atoms with Crippen LogP contribution in [-0.2, 0) is 30.4 Å². The summed E-state index contributed by atoms with van der Waals surface area (Å²) in [4.78, 5) is 67.7. The number of carbonyl (C=O) groups is 5. The van der Waals surface area contributed by atoms with Gasteiger partial charge in [-0.05, 0) is 51.6 Å². The van der Waals surface area contributed by atoms with Crippen LogP contribution in [0.25, 0.3) is 0 Å². The molecule has 3 amide bonds. The van der Waals surface area contributed by atoms with Crippen molar-refractivity contribution in [2.24, 2.45) is 17.2 Å². The Morgan fingerprint density at radius 3 is 1.78 bits per heavy atom. The summed E-state index contributed by atoms with van der Waals surface area (Å²) >= 11 is 0. The van der Waals surface area contributed by atoms with Crippen LogP contribution in [-0.4, -0.2) is 87.1 Å². The van der Waals surface area contributed by atoms with E-state index in [0.29, 0.717) is 44.5 Å². The van der Waals surface area contributed by atoms with E-state index in [9.17, 15) is 29.1 Å². The van der Waals surface area contributed by atoms with Crippen molar-refractivity contribution in [2.45, 2.75) is 75.5 Å². The highest BCUT2D eigenvalue weighted by atomic mass is 16.4. The van der Waals surface area contributed by atoms with Crippen LogP contribution in [0.2, 0.25) is 0 Å². The first kappa shape index (κ1) is 31.5. The second kappa shape index (κ2) is 17.0. The third-order valence-electron chi connectivity index (χ3n) is 5.48. The molecule has 0 bridgehead atoms. The number of aliphatic carboxylic acids is 2. The highest BCUT2D eigenvalue weighted by Gasteiger charge is 2.31. The standard InChI is InChI=1S/C22H38N8O7/c23-7-3-1-5-15(28-19(33)14(25)9-13-11-26-12-27-13)20(34)29-16(6-2-4-8-24)21(35)30-17(22(36)37)10-18(31)32/h11-12,14-17H,1-10,23-25H2,(H,26,27)(H,28,33)(H,29,34)(H,30,35)(H,31,32)(H,36,37). The Balaban J connectivity index is 2.96. The van der Waals surface area contributed by atoms with Gasteiger partial charge < -0.3 is 48.3 Å². The summed E-state index contributed by atoms with van der Waals surface area (Å²) < 4.78 is 0. The summed E-state index contributed by atoms with van der Waals surface area (Å²) in [6.07, 6.45) is 4.72. The van der Waals surface area contributed by atoms with Gasteiger partial charge in [0.15, 0.2) is 0 Å². The first-order valence-corrected chi connectivity index (χ1v) is 12.1. The van der Waals surface area contributed by atoms with Crippen molar-refractivity contribution in [1.82, 2.24) is 25.9 Å². The molecule has 15 nitrogen and oxygen atoms in total. The van der Waals surface area contributed by atoms with Crippen molar-refractivity contribution in [3.05, 3.63) is 18.2 Å². The summed E-state index contributed by atoms with van der Waals surface area (Å²) in [6.45, 7) is 0.719. The van der Waals surface area contributed by atoms with Crippen LogP contribution >= 0.6 is 0 Å². The lowest BCUT2D eigenvalue weighted by molar-refractivity contribution is -0.147. The third-order valence-corrected chi connectivity index (χ3v) is 5.48. The van der Waals surface area contributed by atoms with Gasteiger partial charge in [-0.25, -0.2) is 9.78 Å². The molecule has 1 rings (SSSR count). The van der Waals surface area contributed by atoms with Crippen molar-refractivity contribution < 1.29 is 34.2 Å². The lowest BCUT2D eigenvalue weighted by Crippen LogP contribution is -2.57. The first-order chi connectivity index (χ1) is 17.6. The molecule has 0 aromatic carbocycles. The zero-order valence-corrected chi connectivity index (χ0v) is 20.7. The second-order valence-electron chi connectivity index (χ2n) is 8.58. The molecule has 4 atom stereocenters. The van der Waals surface area contributed by atoms with Crippen molar-refractivity contribution in [3.8, 4) is 0 Å². The van der Waals surface area contributed by atoms with Gasteiger partial charge in [-0.3, -0.25) is 19.2 Å². The van der Waals surface area contributed by atoms with Gasteiger partial charge in [-0.2, -0.15) is 0 Å². The fraction of sp³-hybridized carbons (Fsp3) is 0.636. The zero-order valence-electron chi connectivity index (χ0n) is 20.7. The molecule has 0 saturated heterocycles. The Morgan fingerprint density at radius 1 is 0.838 bits per heavy atom. The molecule has 0 aliphatic carbocycles. The fourth-order valence-electron chi connectivity index (χ4n) is 3.45. The first-order valence-electron chi connectivity index (χ1n) is 12.1. The van der Waals surface area contributed by atoms with Crippen molar-refractivity contribution in [3.63, 3.8) is 0 Å². The number of H-pyrrole nitrogens is 1. The Labute approximate surface area is 214 Å². The number of nitrogens with one attached hydrogen (secondary N) is 4. The Morgan fingerprint density at radius 2 is 1.35 bits per heavy atom. The van der Waals surface area contributed by atoms with Crippen molar-refractivity contribution in [2.75, 3.05) is 13.1 Å². The topological polar surface area (TPSA) is 269 Å². The van der Waals surface area contributed by atoms with Crippen LogP contribution in [0.15, 0.2) is 12.5 Å². The van der Waals surface area contributed by atoms with Gasteiger partial charge in [-0.1, -0.05) is 0 Å². The smallest absolute Gasteiger partial charge is 0.326 e. The third kappa shape index (κ3) is 12.3. The van der Waals surface area contributed by atoms with Crippen LogP contribution in [0.4, 0.5) is 0 Å². The molecule has 0 fully saturated rings. The minimum absolute atomic E-state index is 0.122. The molecule has 37 heavy (non-hydrogen) atoms. The maximum absolute atomic E-state index is 13.1. The highest BCUT2D eigenvalue weighted by Crippen LogP contribution is 2.07. The van der Waals surface area contributed by atoms with E-state index in [0.717, 1.165) is 0 Å². The minimum atomic E-state index is -1.68. The van der Waals surface area contributed by atoms with E-state index in [1.165, 1.54) is 12.5 Å². The molecule has 12 N–H and O–H groups in total. The number of hydrogen-bond acceptors (Lipinski definition) is 9. The normalized spacial score (nSPS) is 14.1. The van der Waals surface area contributed by atoms with E-state index in [-0.39, 0.29) is 19.3 Å². The van der Waals surface area contributed by atoms with E-state index in [1.807, 2.05) is 0 Å². The summed E-state index contributed by atoms with van der Waals surface area (Å²) in [6, 6.07) is -4.87. The molecule has 4 unspecified atom stereocenters. The molecule has 0 radical (unpaired) electrons. The molecular weight excluding hydrogens is 488 g/mol. The molecule has 15 heteroatoms. The molecule has 0 aliphatic rings. The maximum atomic E-state index is 13.1. The predicted octanol–water partition coefficient (Wildman–Crippen LogP) is -2.45. The van der Waals surface area contributed by atoms with Gasteiger partial charge in [0.25, 0.3) is 0 Å². The number of carbonyl (C=O) groups excluding carboxylic acids is 3. The van der Waals surface area contributed by atoms with Crippen LogP contribution in [0.1, 0.15) is 50.6 Å². The fourth-order valence-corrected chi connectivity index (χ4v) is 3.45. The van der Waals surface area contributed by atoms with E-state index < -0.39 is 60.2 Å². The Hall–Kier alpha value is -3.56. The second-order valence-corrected chi connectivity index (χ2v) is 8.58. The van der Waals surface area contributed by atoms with Gasteiger partial charge in [0.05, 0.1) is 18.8 Å². The molecule has 0 spiro atoms. The van der Waals surface area contributed by atoms with Crippen LogP contribution in [0, 0.1) is 0 Å². The molecule has 1 heterocycles. The molecule has 0 saturated carbocycles. The molecular formula is C22H38N8O7. The number of aromatic nitrogens is 2. The molecule has 208 valence electrons.